The van der Waals surface area contributed by atoms with Gasteiger partial charge in [-0.05, 0) is 50.5 Å². The van der Waals surface area contributed by atoms with Crippen molar-refractivity contribution in [3.8, 4) is 17.0 Å². The van der Waals surface area contributed by atoms with Crippen LogP contribution in [0.15, 0.2) is 30.5 Å². The first-order valence-electron chi connectivity index (χ1n) is 9.24. The van der Waals surface area contributed by atoms with Crippen molar-refractivity contribution in [1.82, 2.24) is 9.97 Å². The fourth-order valence-corrected chi connectivity index (χ4v) is 3.17. The molecule has 1 N–H and O–H groups in total. The number of ether oxygens (including phenoxy) is 2. The zero-order valence-electron chi connectivity index (χ0n) is 15.7. The van der Waals surface area contributed by atoms with Gasteiger partial charge >= 0.3 is 5.97 Å². The van der Waals surface area contributed by atoms with Crippen molar-refractivity contribution in [3.05, 3.63) is 36.0 Å². The minimum atomic E-state index is -1.03. The highest BCUT2D eigenvalue weighted by Crippen LogP contribution is 2.27. The predicted molar refractivity (Wildman–Crippen MR) is 102 cm³/mol. The molecule has 1 aromatic carbocycles. The molecule has 7 nitrogen and oxygen atoms in total. The Labute approximate surface area is 159 Å². The van der Waals surface area contributed by atoms with Gasteiger partial charge in [0, 0.05) is 32.0 Å². The third-order valence-electron chi connectivity index (χ3n) is 4.54. The lowest BCUT2D eigenvalue weighted by molar-refractivity contribution is 0.0214. The number of likely N-dealkylation sites (N-methyl/N-ethyl adjacent to an activating group) is 1. The van der Waals surface area contributed by atoms with Gasteiger partial charge in [0.2, 0.25) is 5.95 Å². The molecule has 0 saturated carbocycles. The van der Waals surface area contributed by atoms with E-state index in [2.05, 4.69) is 9.97 Å². The molecule has 0 bridgehead atoms. The molecular weight excluding hydrogens is 346 g/mol. The minimum absolute atomic E-state index is 0.124. The Morgan fingerprint density at radius 3 is 2.93 bits per heavy atom. The van der Waals surface area contributed by atoms with E-state index in [1.54, 1.807) is 24.4 Å². The Bertz CT molecular complexity index is 791. The summed E-state index contributed by atoms with van der Waals surface area (Å²) in [6.07, 6.45) is 5.23. The summed E-state index contributed by atoms with van der Waals surface area (Å²) in [5.41, 5.74) is 1.50. The summed E-state index contributed by atoms with van der Waals surface area (Å²) in [6, 6.07) is 6.84. The topological polar surface area (TPSA) is 84.8 Å². The third-order valence-corrected chi connectivity index (χ3v) is 4.54. The Hall–Kier alpha value is -2.67. The summed E-state index contributed by atoms with van der Waals surface area (Å²) in [5.74, 6) is -0.0804. The van der Waals surface area contributed by atoms with Gasteiger partial charge in [-0.25, -0.2) is 14.8 Å². The summed E-state index contributed by atoms with van der Waals surface area (Å²) in [7, 11) is 1.94. The molecule has 1 atom stereocenters. The summed E-state index contributed by atoms with van der Waals surface area (Å²) < 4.78 is 11.2. The molecule has 1 aromatic heterocycles. The van der Waals surface area contributed by atoms with E-state index in [9.17, 15) is 9.90 Å². The maximum atomic E-state index is 11.5. The van der Waals surface area contributed by atoms with Crippen molar-refractivity contribution in [2.45, 2.75) is 32.3 Å². The molecule has 0 spiro atoms. The molecule has 0 amide bonds. The van der Waals surface area contributed by atoms with Crippen LogP contribution in [0, 0.1) is 0 Å². The van der Waals surface area contributed by atoms with E-state index in [-0.39, 0.29) is 11.7 Å². The highest BCUT2D eigenvalue weighted by atomic mass is 16.5. The fraction of sp³-hybridized carbons (Fsp3) is 0.450. The van der Waals surface area contributed by atoms with Crippen molar-refractivity contribution < 1.29 is 19.4 Å². The predicted octanol–water partition coefficient (Wildman–Crippen LogP) is 3.25. The molecule has 0 radical (unpaired) electrons. The number of aromatic carboxylic acids is 1. The van der Waals surface area contributed by atoms with Gasteiger partial charge in [0.25, 0.3) is 0 Å². The van der Waals surface area contributed by atoms with Gasteiger partial charge < -0.3 is 19.5 Å². The van der Waals surface area contributed by atoms with Gasteiger partial charge in [0.15, 0.2) is 0 Å². The quantitative estimate of drug-likeness (QED) is 0.800. The smallest absolute Gasteiger partial charge is 0.339 e. The molecular formula is C20H25N3O4. The van der Waals surface area contributed by atoms with Crippen LogP contribution < -0.4 is 9.64 Å². The molecule has 1 saturated heterocycles. The van der Waals surface area contributed by atoms with Crippen LogP contribution in [-0.4, -0.2) is 54.0 Å². The van der Waals surface area contributed by atoms with E-state index < -0.39 is 5.97 Å². The number of carbonyl (C=O) groups is 1. The molecule has 2 heterocycles. The maximum Gasteiger partial charge on any atom is 0.339 e. The van der Waals surface area contributed by atoms with Crippen molar-refractivity contribution in [3.63, 3.8) is 0 Å². The number of anilines is 1. The SMILES string of the molecule is CCOc1ccc(-c2ccnc(N(C)CC3CCCCO3)n2)cc1C(=O)O. The number of nitrogens with zero attached hydrogens (tertiary/aromatic N) is 3. The molecule has 2 aromatic rings. The van der Waals surface area contributed by atoms with Crippen molar-refractivity contribution in [1.29, 1.82) is 0 Å². The largest absolute Gasteiger partial charge is 0.493 e. The number of carboxylic acids is 1. The van der Waals surface area contributed by atoms with Gasteiger partial charge in [-0.1, -0.05) is 0 Å². The van der Waals surface area contributed by atoms with Crippen molar-refractivity contribution in [2.24, 2.45) is 0 Å². The highest BCUT2D eigenvalue weighted by Gasteiger charge is 2.18. The van der Waals surface area contributed by atoms with Gasteiger partial charge in [0.1, 0.15) is 11.3 Å². The fourth-order valence-electron chi connectivity index (χ4n) is 3.17. The average Bonchev–Trinajstić information content (AvgIpc) is 2.69. The van der Waals surface area contributed by atoms with E-state index in [0.29, 0.717) is 29.6 Å². The number of benzene rings is 1. The van der Waals surface area contributed by atoms with E-state index >= 15 is 0 Å². The van der Waals surface area contributed by atoms with Crippen LogP contribution in [0.3, 0.4) is 0 Å². The Morgan fingerprint density at radius 1 is 1.37 bits per heavy atom. The monoisotopic (exact) mass is 371 g/mol. The van der Waals surface area contributed by atoms with Gasteiger partial charge in [-0.2, -0.15) is 0 Å². The normalized spacial score (nSPS) is 16.7. The summed E-state index contributed by atoms with van der Waals surface area (Å²) >= 11 is 0. The zero-order chi connectivity index (χ0) is 19.2. The Kier molecular flexibility index (Phi) is 6.24. The molecule has 1 aliphatic rings. The summed E-state index contributed by atoms with van der Waals surface area (Å²) in [6.45, 7) is 3.77. The van der Waals surface area contributed by atoms with E-state index in [1.165, 1.54) is 6.42 Å². The minimum Gasteiger partial charge on any atom is -0.493 e. The lowest BCUT2D eigenvalue weighted by atomic mass is 10.1. The second kappa shape index (κ2) is 8.81. The van der Waals surface area contributed by atoms with Crippen LogP contribution in [0.5, 0.6) is 5.75 Å². The van der Waals surface area contributed by atoms with E-state index in [1.807, 2.05) is 24.9 Å². The molecule has 1 fully saturated rings. The summed E-state index contributed by atoms with van der Waals surface area (Å²) in [4.78, 5) is 22.5. The second-order valence-electron chi connectivity index (χ2n) is 6.56. The van der Waals surface area contributed by atoms with Crippen LogP contribution in [0.2, 0.25) is 0 Å². The summed E-state index contributed by atoms with van der Waals surface area (Å²) in [5, 5.41) is 9.45. The second-order valence-corrected chi connectivity index (χ2v) is 6.56. The molecule has 27 heavy (non-hydrogen) atoms. The van der Waals surface area contributed by atoms with E-state index in [4.69, 9.17) is 9.47 Å². The standard InChI is InChI=1S/C20H25N3O4/c1-3-26-18-8-7-14(12-16(18)19(24)25)17-9-10-21-20(22-17)23(2)13-15-6-4-5-11-27-15/h7-10,12,15H,3-6,11,13H2,1-2H3,(H,24,25). The van der Waals surface area contributed by atoms with Crippen molar-refractivity contribution in [2.75, 3.05) is 31.7 Å². The molecule has 3 rings (SSSR count). The first-order valence-corrected chi connectivity index (χ1v) is 9.24. The van der Waals surface area contributed by atoms with Gasteiger partial charge in [-0.3, -0.25) is 0 Å². The Morgan fingerprint density at radius 2 is 2.22 bits per heavy atom. The van der Waals surface area contributed by atoms with Crippen LogP contribution in [-0.2, 0) is 4.74 Å². The van der Waals surface area contributed by atoms with Gasteiger partial charge in [0.05, 0.1) is 18.4 Å². The molecule has 1 unspecified atom stereocenters. The van der Waals surface area contributed by atoms with Crippen LogP contribution >= 0.6 is 0 Å². The van der Waals surface area contributed by atoms with Crippen LogP contribution in [0.1, 0.15) is 36.5 Å². The van der Waals surface area contributed by atoms with Crippen LogP contribution in [0.4, 0.5) is 5.95 Å². The molecule has 0 aliphatic carbocycles. The first kappa shape index (κ1) is 19.1. The lowest BCUT2D eigenvalue weighted by Crippen LogP contribution is -2.34. The van der Waals surface area contributed by atoms with Gasteiger partial charge in [-0.15, -0.1) is 0 Å². The molecule has 144 valence electrons. The number of rotatable bonds is 7. The number of carboxylic acid groups (broad SMARTS) is 1. The first-order chi connectivity index (χ1) is 13.1. The number of hydrogen-bond donors (Lipinski definition) is 1. The lowest BCUT2D eigenvalue weighted by Gasteiger charge is -2.27. The third kappa shape index (κ3) is 4.74. The van der Waals surface area contributed by atoms with Crippen LogP contribution in [0.25, 0.3) is 11.3 Å². The van der Waals surface area contributed by atoms with E-state index in [0.717, 1.165) is 26.0 Å². The highest BCUT2D eigenvalue weighted by molar-refractivity contribution is 5.92. The Balaban J connectivity index is 1.82. The number of aromatic nitrogens is 2. The molecule has 7 heteroatoms. The maximum absolute atomic E-state index is 11.5. The molecule has 1 aliphatic heterocycles. The number of hydrogen-bond acceptors (Lipinski definition) is 6. The van der Waals surface area contributed by atoms with Crippen molar-refractivity contribution >= 4 is 11.9 Å². The zero-order valence-corrected chi connectivity index (χ0v) is 15.7. The average molecular weight is 371 g/mol.